The molecule has 1 fully saturated rings. The van der Waals surface area contributed by atoms with Crippen LogP contribution in [0.3, 0.4) is 0 Å². The zero-order valence-corrected chi connectivity index (χ0v) is 11.7. The van der Waals surface area contributed by atoms with Gasteiger partial charge in [0.1, 0.15) is 0 Å². The number of carbonyl (C=O) groups is 1. The monoisotopic (exact) mass is 298 g/mol. The maximum atomic E-state index is 11.0. The van der Waals surface area contributed by atoms with E-state index in [9.17, 15) is 14.9 Å². The van der Waals surface area contributed by atoms with Gasteiger partial charge in [-0.05, 0) is 18.3 Å². The van der Waals surface area contributed by atoms with E-state index in [4.69, 9.17) is 9.84 Å². The third kappa shape index (κ3) is 3.38. The summed E-state index contributed by atoms with van der Waals surface area (Å²) < 4.78 is 4.96. The van der Waals surface area contributed by atoms with E-state index in [0.29, 0.717) is 11.6 Å². The Balaban J connectivity index is 2.12. The molecule has 108 valence electrons. The lowest BCUT2D eigenvalue weighted by Crippen LogP contribution is -2.11. The Kier molecular flexibility index (Phi) is 4.12. The molecule has 1 aliphatic rings. The van der Waals surface area contributed by atoms with Crippen molar-refractivity contribution in [2.45, 2.75) is 24.3 Å². The topological polar surface area (TPSA) is 103 Å². The highest BCUT2D eigenvalue weighted by Gasteiger charge is 2.44. The average Bonchev–Trinajstić information content (AvgIpc) is 3.15. The Labute approximate surface area is 119 Å². The van der Waals surface area contributed by atoms with E-state index in [1.807, 2.05) is 0 Å². The lowest BCUT2D eigenvalue weighted by Gasteiger charge is -2.11. The van der Waals surface area contributed by atoms with Gasteiger partial charge in [-0.3, -0.25) is 14.9 Å². The minimum atomic E-state index is -0.837. The second kappa shape index (κ2) is 5.66. The number of rotatable bonds is 7. The third-order valence-corrected chi connectivity index (χ3v) is 4.55. The fourth-order valence-electron chi connectivity index (χ4n) is 1.87. The summed E-state index contributed by atoms with van der Waals surface area (Å²) in [5.74, 6) is -0.0160. The number of nitrogens with zero attached hydrogens (tertiary/aromatic N) is 2. The van der Waals surface area contributed by atoms with Gasteiger partial charge in [0.2, 0.25) is 5.88 Å². The molecule has 20 heavy (non-hydrogen) atoms. The molecule has 1 aliphatic carbocycles. The van der Waals surface area contributed by atoms with E-state index in [-0.39, 0.29) is 22.5 Å². The number of carboxylic acid groups (broad SMARTS) is 1. The molecule has 0 aliphatic heterocycles. The van der Waals surface area contributed by atoms with Crippen molar-refractivity contribution in [3.63, 3.8) is 0 Å². The first-order valence-electron chi connectivity index (χ1n) is 6.00. The van der Waals surface area contributed by atoms with Gasteiger partial charge in [0.15, 0.2) is 5.03 Å². The molecule has 1 N–H and O–H groups in total. The number of nitro groups is 1. The van der Waals surface area contributed by atoms with Gasteiger partial charge in [-0.2, -0.15) is 4.98 Å². The molecule has 8 heteroatoms. The minimum Gasteiger partial charge on any atom is -0.481 e. The Bertz CT molecular complexity index is 545. The molecular formula is C12H14N2O5S. The number of ether oxygens (including phenoxy) is 1. The number of aliphatic carboxylic acids is 1. The van der Waals surface area contributed by atoms with Gasteiger partial charge < -0.3 is 9.84 Å². The molecule has 1 heterocycles. The van der Waals surface area contributed by atoms with Crippen LogP contribution >= 0.6 is 11.8 Å². The van der Waals surface area contributed by atoms with E-state index in [0.717, 1.165) is 12.8 Å². The second-order valence-corrected chi connectivity index (χ2v) is 5.76. The molecule has 1 aromatic rings. The van der Waals surface area contributed by atoms with Gasteiger partial charge in [0.25, 0.3) is 0 Å². The minimum absolute atomic E-state index is 0.0816. The molecule has 7 nitrogen and oxygen atoms in total. The van der Waals surface area contributed by atoms with E-state index in [1.54, 1.807) is 0 Å². The van der Waals surface area contributed by atoms with Crippen molar-refractivity contribution in [3.05, 3.63) is 22.2 Å². The van der Waals surface area contributed by atoms with Crippen molar-refractivity contribution in [2.75, 3.05) is 12.9 Å². The summed E-state index contributed by atoms with van der Waals surface area (Å²) in [5, 5.41) is 20.1. The normalized spacial score (nSPS) is 15.7. The van der Waals surface area contributed by atoms with Crippen LogP contribution in [0.2, 0.25) is 0 Å². The van der Waals surface area contributed by atoms with Crippen LogP contribution in [0.15, 0.2) is 17.2 Å². The van der Waals surface area contributed by atoms with Gasteiger partial charge in [-0.15, -0.1) is 0 Å². The van der Waals surface area contributed by atoms with Gasteiger partial charge in [-0.25, -0.2) is 0 Å². The van der Waals surface area contributed by atoms with Crippen molar-refractivity contribution in [1.29, 1.82) is 0 Å². The molecule has 0 amide bonds. The lowest BCUT2D eigenvalue weighted by atomic mass is 10.1. The zero-order valence-electron chi connectivity index (χ0n) is 10.9. The standard InChI is InChI=1S/C12H14N2O5S/c1-19-9-3-2-8(14(17)18)11(13-9)20-7-12(4-5-12)6-10(15)16/h2-3H,4-7H2,1H3,(H,15,16). The van der Waals surface area contributed by atoms with Crippen LogP contribution in [0.4, 0.5) is 5.69 Å². The van der Waals surface area contributed by atoms with Crippen LogP contribution in [0.1, 0.15) is 19.3 Å². The maximum absolute atomic E-state index is 11.0. The summed E-state index contributed by atoms with van der Waals surface area (Å²) in [6.07, 6.45) is 1.77. The van der Waals surface area contributed by atoms with E-state index in [1.165, 1.54) is 31.0 Å². The van der Waals surface area contributed by atoms with Gasteiger partial charge in [0, 0.05) is 17.9 Å². The first-order valence-corrected chi connectivity index (χ1v) is 6.98. The van der Waals surface area contributed by atoms with Crippen LogP contribution in [0.25, 0.3) is 0 Å². The third-order valence-electron chi connectivity index (χ3n) is 3.22. The second-order valence-electron chi connectivity index (χ2n) is 4.79. The maximum Gasteiger partial charge on any atom is 0.303 e. The fraction of sp³-hybridized carbons (Fsp3) is 0.500. The highest BCUT2D eigenvalue weighted by atomic mass is 32.2. The number of methoxy groups -OCH3 is 1. The molecule has 2 rings (SSSR count). The van der Waals surface area contributed by atoms with Crippen molar-refractivity contribution in [2.24, 2.45) is 5.41 Å². The molecule has 0 saturated heterocycles. The smallest absolute Gasteiger partial charge is 0.303 e. The molecule has 0 aromatic carbocycles. The molecule has 0 radical (unpaired) electrons. The predicted octanol–water partition coefficient (Wildman–Crippen LogP) is 2.35. The van der Waals surface area contributed by atoms with Crippen molar-refractivity contribution in [1.82, 2.24) is 4.98 Å². The SMILES string of the molecule is COc1ccc([N+](=O)[O-])c(SCC2(CC(=O)O)CC2)n1. The Morgan fingerprint density at radius 2 is 2.30 bits per heavy atom. The quantitative estimate of drug-likeness (QED) is 0.468. The number of aromatic nitrogens is 1. The van der Waals surface area contributed by atoms with Crippen LogP contribution in [0.5, 0.6) is 5.88 Å². The molecule has 0 unspecified atom stereocenters. The summed E-state index contributed by atoms with van der Waals surface area (Å²) in [6, 6.07) is 2.79. The Hall–Kier alpha value is -1.83. The van der Waals surface area contributed by atoms with Crippen LogP contribution in [0, 0.1) is 15.5 Å². The highest BCUT2D eigenvalue weighted by molar-refractivity contribution is 7.99. The zero-order chi connectivity index (χ0) is 14.8. The predicted molar refractivity (Wildman–Crippen MR) is 72.1 cm³/mol. The van der Waals surface area contributed by atoms with Crippen molar-refractivity contribution >= 4 is 23.4 Å². The summed E-state index contributed by atoms with van der Waals surface area (Å²) in [5.41, 5.74) is -0.322. The van der Waals surface area contributed by atoms with E-state index >= 15 is 0 Å². The largest absolute Gasteiger partial charge is 0.481 e. The lowest BCUT2D eigenvalue weighted by molar-refractivity contribution is -0.388. The Morgan fingerprint density at radius 1 is 1.60 bits per heavy atom. The number of thioether (sulfide) groups is 1. The van der Waals surface area contributed by atoms with Gasteiger partial charge in [-0.1, -0.05) is 11.8 Å². The molecule has 1 aromatic heterocycles. The first kappa shape index (κ1) is 14.6. The van der Waals surface area contributed by atoms with E-state index in [2.05, 4.69) is 4.98 Å². The summed E-state index contributed by atoms with van der Waals surface area (Å²) >= 11 is 1.22. The van der Waals surface area contributed by atoms with E-state index < -0.39 is 10.9 Å². The van der Waals surface area contributed by atoms with Crippen LogP contribution < -0.4 is 4.74 Å². The molecular weight excluding hydrogens is 284 g/mol. The molecule has 0 bridgehead atoms. The number of pyridine rings is 1. The summed E-state index contributed by atoms with van der Waals surface area (Å²) in [6.45, 7) is 0. The number of hydrogen-bond acceptors (Lipinski definition) is 6. The highest BCUT2D eigenvalue weighted by Crippen LogP contribution is 2.52. The van der Waals surface area contributed by atoms with Gasteiger partial charge >= 0.3 is 11.7 Å². The number of carboxylic acids is 1. The van der Waals surface area contributed by atoms with Crippen molar-refractivity contribution < 1.29 is 19.6 Å². The first-order chi connectivity index (χ1) is 9.46. The fourth-order valence-corrected chi connectivity index (χ4v) is 3.14. The molecule has 1 saturated carbocycles. The average molecular weight is 298 g/mol. The van der Waals surface area contributed by atoms with Crippen LogP contribution in [-0.4, -0.2) is 33.8 Å². The van der Waals surface area contributed by atoms with Crippen LogP contribution in [-0.2, 0) is 4.79 Å². The summed E-state index contributed by atoms with van der Waals surface area (Å²) in [7, 11) is 1.44. The van der Waals surface area contributed by atoms with Gasteiger partial charge in [0.05, 0.1) is 18.5 Å². The molecule has 0 spiro atoms. The number of hydrogen-bond donors (Lipinski definition) is 1. The Morgan fingerprint density at radius 3 is 2.80 bits per heavy atom. The molecule has 0 atom stereocenters. The van der Waals surface area contributed by atoms with Crippen molar-refractivity contribution in [3.8, 4) is 5.88 Å². The summed E-state index contributed by atoms with van der Waals surface area (Å²) in [4.78, 5) is 25.3.